The second-order valence-electron chi connectivity index (χ2n) is 5.87. The van der Waals surface area contributed by atoms with E-state index >= 15 is 0 Å². The lowest BCUT2D eigenvalue weighted by molar-refractivity contribution is -0.133. The molecular formula is C18H17ClFNO5S. The number of sulfone groups is 1. The topological polar surface area (TPSA) is 80.8 Å². The summed E-state index contributed by atoms with van der Waals surface area (Å²) in [6.07, 6.45) is 0.996. The molecule has 0 N–H and O–H groups in total. The van der Waals surface area contributed by atoms with Crippen LogP contribution in [-0.2, 0) is 25.9 Å². The molecule has 0 aliphatic rings. The lowest BCUT2D eigenvalue weighted by Gasteiger charge is -2.17. The fraction of sp³-hybridized carbons (Fsp3) is 0.222. The number of benzene rings is 2. The molecule has 144 valence electrons. The summed E-state index contributed by atoms with van der Waals surface area (Å²) in [7, 11) is -2.05. The fourth-order valence-corrected chi connectivity index (χ4v) is 3.05. The third-order valence-corrected chi connectivity index (χ3v) is 5.09. The molecule has 6 nitrogen and oxygen atoms in total. The minimum absolute atomic E-state index is 0.00737. The Morgan fingerprint density at radius 3 is 2.52 bits per heavy atom. The summed E-state index contributed by atoms with van der Waals surface area (Å²) in [5.41, 5.74) is 0.432. The van der Waals surface area contributed by atoms with E-state index in [1.54, 1.807) is 6.07 Å². The maximum absolute atomic E-state index is 13.2. The number of ether oxygens (including phenoxy) is 1. The average Bonchev–Trinajstić information content (AvgIpc) is 2.58. The molecule has 0 saturated carbocycles. The van der Waals surface area contributed by atoms with Crippen LogP contribution in [0.3, 0.4) is 0 Å². The summed E-state index contributed by atoms with van der Waals surface area (Å²) < 4.78 is 41.3. The Labute approximate surface area is 161 Å². The predicted octanol–water partition coefficient (Wildman–Crippen LogP) is 2.70. The first-order chi connectivity index (χ1) is 12.6. The predicted molar refractivity (Wildman–Crippen MR) is 97.7 cm³/mol. The van der Waals surface area contributed by atoms with Gasteiger partial charge in [0.25, 0.3) is 5.91 Å². The van der Waals surface area contributed by atoms with Gasteiger partial charge in [0.2, 0.25) is 0 Å². The number of hydrogen-bond donors (Lipinski definition) is 0. The van der Waals surface area contributed by atoms with Gasteiger partial charge in [-0.25, -0.2) is 17.6 Å². The van der Waals surface area contributed by atoms with Crippen molar-refractivity contribution in [1.29, 1.82) is 0 Å². The Bertz CT molecular complexity index is 977. The van der Waals surface area contributed by atoms with Gasteiger partial charge >= 0.3 is 5.97 Å². The van der Waals surface area contributed by atoms with Gasteiger partial charge in [0, 0.05) is 19.8 Å². The minimum atomic E-state index is -3.53. The van der Waals surface area contributed by atoms with Crippen molar-refractivity contribution >= 4 is 33.3 Å². The number of carbonyl (C=O) groups excluding carboxylic acids is 2. The van der Waals surface area contributed by atoms with Crippen LogP contribution in [0.5, 0.6) is 0 Å². The molecule has 27 heavy (non-hydrogen) atoms. The highest BCUT2D eigenvalue weighted by Crippen LogP contribution is 2.21. The van der Waals surface area contributed by atoms with Crippen molar-refractivity contribution in [2.24, 2.45) is 0 Å². The number of amides is 1. The molecule has 2 aromatic carbocycles. The van der Waals surface area contributed by atoms with E-state index < -0.39 is 34.1 Å². The van der Waals surface area contributed by atoms with Crippen molar-refractivity contribution in [1.82, 2.24) is 4.90 Å². The lowest BCUT2D eigenvalue weighted by Crippen LogP contribution is -2.30. The van der Waals surface area contributed by atoms with Crippen LogP contribution in [0, 0.1) is 5.82 Å². The highest BCUT2D eigenvalue weighted by atomic mass is 35.5. The van der Waals surface area contributed by atoms with Gasteiger partial charge in [-0.3, -0.25) is 4.79 Å². The van der Waals surface area contributed by atoms with Crippen LogP contribution in [0.2, 0.25) is 5.02 Å². The molecule has 0 heterocycles. The molecule has 0 aliphatic carbocycles. The molecule has 9 heteroatoms. The van der Waals surface area contributed by atoms with E-state index in [1.807, 2.05) is 0 Å². The van der Waals surface area contributed by atoms with Gasteiger partial charge in [-0.15, -0.1) is 0 Å². The van der Waals surface area contributed by atoms with Crippen LogP contribution in [0.1, 0.15) is 15.9 Å². The van der Waals surface area contributed by atoms with Gasteiger partial charge < -0.3 is 9.64 Å². The Kier molecular flexibility index (Phi) is 6.56. The summed E-state index contributed by atoms with van der Waals surface area (Å²) in [6.45, 7) is -0.428. The number of esters is 1. The van der Waals surface area contributed by atoms with Crippen LogP contribution < -0.4 is 0 Å². The minimum Gasteiger partial charge on any atom is -0.452 e. The monoisotopic (exact) mass is 413 g/mol. The number of carbonyl (C=O) groups is 2. The van der Waals surface area contributed by atoms with Crippen LogP contribution in [0.15, 0.2) is 47.4 Å². The van der Waals surface area contributed by atoms with E-state index in [0.29, 0.717) is 5.56 Å². The molecule has 0 fully saturated rings. The molecule has 0 unspecified atom stereocenters. The summed E-state index contributed by atoms with van der Waals surface area (Å²) in [5.74, 6) is -1.85. The van der Waals surface area contributed by atoms with Crippen LogP contribution >= 0.6 is 11.6 Å². The van der Waals surface area contributed by atoms with Crippen molar-refractivity contribution in [2.45, 2.75) is 11.4 Å². The number of hydrogen-bond acceptors (Lipinski definition) is 5. The van der Waals surface area contributed by atoms with Gasteiger partial charge in [0.1, 0.15) is 5.82 Å². The number of nitrogens with zero attached hydrogens (tertiary/aromatic N) is 1. The van der Waals surface area contributed by atoms with Crippen LogP contribution in [0.4, 0.5) is 4.39 Å². The third kappa shape index (κ3) is 5.77. The van der Waals surface area contributed by atoms with Gasteiger partial charge in [-0.1, -0.05) is 23.7 Å². The van der Waals surface area contributed by atoms with Gasteiger partial charge in [-0.05, 0) is 35.9 Å². The number of halogens is 2. The number of rotatable bonds is 6. The summed E-state index contributed by atoms with van der Waals surface area (Å²) in [6, 6.07) is 9.42. The molecule has 0 aliphatic heterocycles. The highest BCUT2D eigenvalue weighted by molar-refractivity contribution is 7.90. The van der Waals surface area contributed by atoms with Crippen molar-refractivity contribution in [3.63, 3.8) is 0 Å². The lowest BCUT2D eigenvalue weighted by atomic mass is 10.2. The van der Waals surface area contributed by atoms with Crippen molar-refractivity contribution < 1.29 is 27.1 Å². The van der Waals surface area contributed by atoms with Crippen LogP contribution in [0.25, 0.3) is 0 Å². The van der Waals surface area contributed by atoms with E-state index in [2.05, 4.69) is 0 Å². The van der Waals surface area contributed by atoms with Crippen molar-refractivity contribution in [2.75, 3.05) is 19.9 Å². The molecule has 1 amide bonds. The Morgan fingerprint density at radius 2 is 1.89 bits per heavy atom. The largest absolute Gasteiger partial charge is 0.452 e. The first-order valence-corrected chi connectivity index (χ1v) is 10.00. The smallest absolute Gasteiger partial charge is 0.340 e. The fourth-order valence-electron chi connectivity index (χ4n) is 2.20. The van der Waals surface area contributed by atoms with Crippen molar-refractivity contribution in [3.8, 4) is 0 Å². The summed E-state index contributed by atoms with van der Waals surface area (Å²) in [4.78, 5) is 25.4. The highest BCUT2D eigenvalue weighted by Gasteiger charge is 2.19. The van der Waals surface area contributed by atoms with E-state index in [4.69, 9.17) is 16.3 Å². The van der Waals surface area contributed by atoms with Crippen LogP contribution in [-0.4, -0.2) is 45.1 Å². The first-order valence-electron chi connectivity index (χ1n) is 7.73. The maximum Gasteiger partial charge on any atom is 0.340 e. The van der Waals surface area contributed by atoms with E-state index in [9.17, 15) is 22.4 Å². The maximum atomic E-state index is 13.2. The van der Waals surface area contributed by atoms with E-state index in [0.717, 1.165) is 12.3 Å². The standard InChI is InChI=1S/C18H17ClFNO5S/c1-21(10-12-4-3-5-13(20)8-12)17(22)11-26-18(23)15-9-14(27(2,24)25)6-7-16(15)19/h3-9H,10-11H2,1-2H3. The Hall–Kier alpha value is -2.45. The Balaban J connectivity index is 2.01. The third-order valence-electron chi connectivity index (χ3n) is 3.65. The zero-order valence-electron chi connectivity index (χ0n) is 14.6. The normalized spacial score (nSPS) is 11.1. The molecule has 0 aromatic heterocycles. The molecule has 0 saturated heterocycles. The second kappa shape index (κ2) is 8.49. The number of likely N-dealkylation sites (N-methyl/N-ethyl adjacent to an activating group) is 1. The second-order valence-corrected chi connectivity index (χ2v) is 8.29. The average molecular weight is 414 g/mol. The first kappa shape index (κ1) is 20.9. The zero-order valence-corrected chi connectivity index (χ0v) is 16.2. The molecule has 2 aromatic rings. The van der Waals surface area contributed by atoms with Gasteiger partial charge in [0.15, 0.2) is 16.4 Å². The Morgan fingerprint density at radius 1 is 1.19 bits per heavy atom. The molecule has 0 spiro atoms. The van der Waals surface area contributed by atoms with E-state index in [1.165, 1.54) is 42.3 Å². The molecule has 0 radical (unpaired) electrons. The van der Waals surface area contributed by atoms with Gasteiger partial charge in [-0.2, -0.15) is 0 Å². The summed E-state index contributed by atoms with van der Waals surface area (Å²) in [5, 5.41) is 0.00737. The SMILES string of the molecule is CN(Cc1cccc(F)c1)C(=O)COC(=O)c1cc(S(C)(=O)=O)ccc1Cl. The van der Waals surface area contributed by atoms with E-state index in [-0.39, 0.29) is 22.0 Å². The van der Waals surface area contributed by atoms with Gasteiger partial charge in [0.05, 0.1) is 15.5 Å². The summed E-state index contributed by atoms with van der Waals surface area (Å²) >= 11 is 5.91. The molecule has 0 atom stereocenters. The van der Waals surface area contributed by atoms with Crippen molar-refractivity contribution in [3.05, 3.63) is 64.4 Å². The zero-order chi connectivity index (χ0) is 20.2. The molecule has 0 bridgehead atoms. The molecular weight excluding hydrogens is 397 g/mol. The molecule has 2 rings (SSSR count). The quantitative estimate of drug-likeness (QED) is 0.680.